The molecule has 2 heterocycles. The minimum Gasteiger partial charge on any atom is -0.486 e. The highest BCUT2D eigenvalue weighted by molar-refractivity contribution is 5.95. The summed E-state index contributed by atoms with van der Waals surface area (Å²) in [6.07, 6.45) is -0.740. The van der Waals surface area contributed by atoms with Crippen LogP contribution in [-0.2, 0) is 15.7 Å². The molecular weight excluding hydrogens is 554 g/mol. The van der Waals surface area contributed by atoms with Gasteiger partial charge >= 0.3 is 12.1 Å². The standard InChI is InChI=1S/C31H35F4N3O4/c1-5-8-27(42-24-13-19(3)28(20(4)14-24)38-18-23(16-36-38)31(33,34)35)21-10-11-25(26(32)15-21)29(39)37-12-7-9-22(17-37)30(40)41-6-2/h10-11,13-16,18,22,27H,5-9,12,17H2,1-4H3/t22-,27+/m1/s1. The van der Waals surface area contributed by atoms with Crippen molar-refractivity contribution in [1.82, 2.24) is 14.7 Å². The van der Waals surface area contributed by atoms with E-state index in [0.29, 0.717) is 53.9 Å². The number of nitrogens with zero attached hydrogens (tertiary/aromatic N) is 3. The van der Waals surface area contributed by atoms with Crippen molar-refractivity contribution in [3.63, 3.8) is 0 Å². The van der Waals surface area contributed by atoms with Crippen molar-refractivity contribution < 1.29 is 36.6 Å². The predicted octanol–water partition coefficient (Wildman–Crippen LogP) is 6.98. The van der Waals surface area contributed by atoms with Gasteiger partial charge in [-0.15, -0.1) is 0 Å². The number of alkyl halides is 3. The number of halogens is 4. The number of ether oxygens (including phenoxy) is 2. The molecule has 1 aliphatic rings. The molecular formula is C31H35F4N3O4. The second-order valence-electron chi connectivity index (χ2n) is 10.6. The lowest BCUT2D eigenvalue weighted by Gasteiger charge is -2.31. The summed E-state index contributed by atoms with van der Waals surface area (Å²) in [6, 6.07) is 7.84. The second-order valence-corrected chi connectivity index (χ2v) is 10.6. The molecule has 3 aromatic rings. The number of rotatable bonds is 9. The fourth-order valence-corrected chi connectivity index (χ4v) is 5.35. The van der Waals surface area contributed by atoms with Crippen molar-refractivity contribution in [2.45, 2.75) is 65.7 Å². The molecule has 1 aromatic heterocycles. The van der Waals surface area contributed by atoms with Crippen LogP contribution in [0.2, 0.25) is 0 Å². The summed E-state index contributed by atoms with van der Waals surface area (Å²) >= 11 is 0. The second kappa shape index (κ2) is 13.0. The molecule has 1 aliphatic heterocycles. The molecule has 1 saturated heterocycles. The number of esters is 1. The lowest BCUT2D eigenvalue weighted by Crippen LogP contribution is -2.43. The van der Waals surface area contributed by atoms with Gasteiger partial charge in [0.15, 0.2) is 0 Å². The van der Waals surface area contributed by atoms with E-state index < -0.39 is 35.5 Å². The summed E-state index contributed by atoms with van der Waals surface area (Å²) < 4.78 is 67.2. The van der Waals surface area contributed by atoms with E-state index >= 15 is 4.39 Å². The number of amides is 1. The molecule has 0 aliphatic carbocycles. The number of aromatic nitrogens is 2. The van der Waals surface area contributed by atoms with Crippen molar-refractivity contribution in [3.05, 3.63) is 76.4 Å². The summed E-state index contributed by atoms with van der Waals surface area (Å²) in [5, 5.41) is 3.89. The van der Waals surface area contributed by atoms with Crippen molar-refractivity contribution >= 4 is 11.9 Å². The summed E-state index contributed by atoms with van der Waals surface area (Å²) in [6.45, 7) is 8.09. The highest BCUT2D eigenvalue weighted by Gasteiger charge is 2.33. The van der Waals surface area contributed by atoms with Gasteiger partial charge in [0.25, 0.3) is 5.91 Å². The van der Waals surface area contributed by atoms with Gasteiger partial charge in [0.05, 0.1) is 35.5 Å². The first kappa shape index (κ1) is 31.1. The van der Waals surface area contributed by atoms with E-state index in [1.165, 1.54) is 21.7 Å². The van der Waals surface area contributed by atoms with E-state index in [1.807, 2.05) is 6.92 Å². The lowest BCUT2D eigenvalue weighted by atomic mass is 9.97. The van der Waals surface area contributed by atoms with Crippen molar-refractivity contribution in [1.29, 1.82) is 0 Å². The summed E-state index contributed by atoms with van der Waals surface area (Å²) in [5.74, 6) is -1.45. The number of carbonyl (C=O) groups is 2. The van der Waals surface area contributed by atoms with Gasteiger partial charge in [-0.2, -0.15) is 18.3 Å². The lowest BCUT2D eigenvalue weighted by molar-refractivity contribution is -0.149. The Morgan fingerprint density at radius 2 is 1.83 bits per heavy atom. The Morgan fingerprint density at radius 3 is 2.43 bits per heavy atom. The molecule has 226 valence electrons. The molecule has 2 aromatic carbocycles. The zero-order valence-electron chi connectivity index (χ0n) is 24.1. The Labute approximate surface area is 242 Å². The van der Waals surface area contributed by atoms with Crippen LogP contribution in [0.3, 0.4) is 0 Å². The number of piperidine rings is 1. The van der Waals surface area contributed by atoms with Gasteiger partial charge in [0, 0.05) is 19.3 Å². The molecule has 2 atom stereocenters. The maximum Gasteiger partial charge on any atom is 0.419 e. The van der Waals surface area contributed by atoms with Crippen LogP contribution >= 0.6 is 0 Å². The van der Waals surface area contributed by atoms with Crippen LogP contribution in [0.5, 0.6) is 5.75 Å². The number of carbonyl (C=O) groups excluding carboxylic acids is 2. The number of benzene rings is 2. The highest BCUT2D eigenvalue weighted by Crippen LogP contribution is 2.33. The van der Waals surface area contributed by atoms with Gasteiger partial charge in [0.1, 0.15) is 17.7 Å². The van der Waals surface area contributed by atoms with E-state index in [9.17, 15) is 22.8 Å². The van der Waals surface area contributed by atoms with Crippen molar-refractivity contribution in [2.75, 3.05) is 19.7 Å². The summed E-state index contributed by atoms with van der Waals surface area (Å²) in [4.78, 5) is 26.8. The fourth-order valence-electron chi connectivity index (χ4n) is 5.35. The Bertz CT molecular complexity index is 1410. The molecule has 0 unspecified atom stereocenters. The molecule has 0 radical (unpaired) electrons. The van der Waals surface area contributed by atoms with E-state index in [4.69, 9.17) is 9.47 Å². The maximum atomic E-state index is 15.3. The van der Waals surface area contributed by atoms with Crippen LogP contribution in [0.15, 0.2) is 42.7 Å². The Balaban J connectivity index is 1.52. The zero-order valence-corrected chi connectivity index (χ0v) is 24.1. The zero-order chi connectivity index (χ0) is 30.6. The smallest absolute Gasteiger partial charge is 0.419 e. The van der Waals surface area contributed by atoms with Gasteiger partial charge in [0.2, 0.25) is 0 Å². The SMILES string of the molecule is CCC[C@H](Oc1cc(C)c(-n2cc(C(F)(F)F)cn2)c(C)c1)c1ccc(C(=O)N2CCC[C@@H](C(=O)OCC)C2)c(F)c1. The molecule has 0 bridgehead atoms. The van der Waals surface area contributed by atoms with Gasteiger partial charge in [-0.1, -0.05) is 19.4 Å². The summed E-state index contributed by atoms with van der Waals surface area (Å²) in [5.41, 5.74) is 1.47. The Hall–Kier alpha value is -3.89. The monoisotopic (exact) mass is 589 g/mol. The number of aryl methyl sites for hydroxylation is 2. The van der Waals surface area contributed by atoms with E-state index in [1.54, 1.807) is 39.0 Å². The normalized spacial score (nSPS) is 16.3. The van der Waals surface area contributed by atoms with Gasteiger partial charge in [-0.05, 0) is 81.0 Å². The van der Waals surface area contributed by atoms with Gasteiger partial charge < -0.3 is 14.4 Å². The average molecular weight is 590 g/mol. The van der Waals surface area contributed by atoms with Crippen LogP contribution in [-0.4, -0.2) is 46.3 Å². The fraction of sp³-hybridized carbons (Fsp3) is 0.452. The maximum absolute atomic E-state index is 15.3. The van der Waals surface area contributed by atoms with Crippen LogP contribution in [0, 0.1) is 25.6 Å². The van der Waals surface area contributed by atoms with E-state index in [-0.39, 0.29) is 24.7 Å². The topological polar surface area (TPSA) is 73.7 Å². The molecule has 0 saturated carbocycles. The highest BCUT2D eigenvalue weighted by atomic mass is 19.4. The number of hydrogen-bond acceptors (Lipinski definition) is 5. The number of hydrogen-bond donors (Lipinski definition) is 0. The van der Waals surface area contributed by atoms with Gasteiger partial charge in [-0.3, -0.25) is 9.59 Å². The third-order valence-electron chi connectivity index (χ3n) is 7.36. The van der Waals surface area contributed by atoms with Gasteiger partial charge in [-0.25, -0.2) is 9.07 Å². The Morgan fingerprint density at radius 1 is 1.12 bits per heavy atom. The third-order valence-corrected chi connectivity index (χ3v) is 7.36. The van der Waals surface area contributed by atoms with Crippen LogP contribution in [0.1, 0.15) is 78.2 Å². The minimum atomic E-state index is -4.50. The number of likely N-dealkylation sites (tertiary alicyclic amines) is 1. The first-order valence-corrected chi connectivity index (χ1v) is 14.1. The average Bonchev–Trinajstić information content (AvgIpc) is 3.43. The first-order valence-electron chi connectivity index (χ1n) is 14.1. The molecule has 7 nitrogen and oxygen atoms in total. The Kier molecular flexibility index (Phi) is 9.58. The predicted molar refractivity (Wildman–Crippen MR) is 148 cm³/mol. The molecule has 0 N–H and O–H groups in total. The molecule has 1 fully saturated rings. The molecule has 4 rings (SSSR count). The largest absolute Gasteiger partial charge is 0.486 e. The quantitative estimate of drug-likeness (QED) is 0.199. The van der Waals surface area contributed by atoms with Crippen LogP contribution < -0.4 is 4.74 Å². The first-order chi connectivity index (χ1) is 19.9. The van der Waals surface area contributed by atoms with Crippen LogP contribution in [0.4, 0.5) is 17.6 Å². The van der Waals surface area contributed by atoms with Crippen molar-refractivity contribution in [3.8, 4) is 11.4 Å². The molecule has 42 heavy (non-hydrogen) atoms. The van der Waals surface area contributed by atoms with E-state index in [2.05, 4.69) is 5.10 Å². The van der Waals surface area contributed by atoms with E-state index in [0.717, 1.165) is 18.8 Å². The summed E-state index contributed by atoms with van der Waals surface area (Å²) in [7, 11) is 0. The molecule has 1 amide bonds. The minimum absolute atomic E-state index is 0.0769. The molecule has 11 heteroatoms. The molecule has 0 spiro atoms. The third kappa shape index (κ3) is 6.94. The van der Waals surface area contributed by atoms with Crippen molar-refractivity contribution in [2.24, 2.45) is 5.92 Å². The van der Waals surface area contributed by atoms with Crippen LogP contribution in [0.25, 0.3) is 5.69 Å².